The van der Waals surface area contributed by atoms with Gasteiger partial charge >= 0.3 is 0 Å². The average molecular weight is 1060 g/mol. The molecule has 13 rings (SSSR count). The summed E-state index contributed by atoms with van der Waals surface area (Å²) in [6, 6.07) is 53.4. The number of hydrogen-bond acceptors (Lipinski definition) is 4. The Morgan fingerprint density at radius 1 is 0.481 bits per heavy atom. The Bertz CT molecular complexity index is 3690. The van der Waals surface area contributed by atoms with Crippen LogP contribution in [-0.2, 0) is 32.5 Å². The molecule has 0 radical (unpaired) electrons. The highest BCUT2D eigenvalue weighted by Gasteiger charge is 2.49. The Morgan fingerprint density at radius 2 is 0.975 bits per heavy atom. The van der Waals surface area contributed by atoms with E-state index in [9.17, 15) is 0 Å². The minimum absolute atomic E-state index is 0.00486. The smallest absolute Gasteiger partial charge is 0.264 e. The van der Waals surface area contributed by atoms with Gasteiger partial charge in [0.1, 0.15) is 0 Å². The van der Waals surface area contributed by atoms with Crippen molar-refractivity contribution in [3.63, 3.8) is 0 Å². The SMILES string of the molecule is CC1CCC(C)c2cc3c4c(sc3cc21)B1c2cc3c(cc2N(c2cc(C(C)(C)C)cc(C(C)(C)C)c2)c2cc(N(c5ccccc5)c5ccccc5)cc(c21)N4c1ccc2c(c1)C(C)(C)CCC2(C)C)C(C)(C)CCC3(C)C. The summed E-state index contributed by atoms with van der Waals surface area (Å²) in [7, 11) is 0. The predicted octanol–water partition coefficient (Wildman–Crippen LogP) is 19.7. The monoisotopic (exact) mass is 1060 g/mol. The van der Waals surface area contributed by atoms with Crippen molar-refractivity contribution in [2.45, 2.75) is 194 Å². The number of thiophene rings is 1. The molecule has 7 aromatic carbocycles. The first-order valence-corrected chi connectivity index (χ1v) is 30.8. The molecule has 2 unspecified atom stereocenters. The third kappa shape index (κ3) is 8.30. The molecule has 0 spiro atoms. The highest BCUT2D eigenvalue weighted by molar-refractivity contribution is 7.33. The molecule has 0 saturated carbocycles. The normalized spacial score (nSPS) is 20.2. The number of rotatable bonds is 5. The Kier molecular flexibility index (Phi) is 11.7. The Hall–Kier alpha value is -6.04. The zero-order chi connectivity index (χ0) is 55.7. The minimum Gasteiger partial charge on any atom is -0.311 e. The molecule has 0 N–H and O–H groups in total. The highest BCUT2D eigenvalue weighted by atomic mass is 32.1. The fourth-order valence-corrected chi connectivity index (χ4v) is 16.2. The molecule has 0 bridgehead atoms. The van der Waals surface area contributed by atoms with E-state index in [2.05, 4.69) is 270 Å². The van der Waals surface area contributed by atoms with Gasteiger partial charge in [-0.3, -0.25) is 0 Å². The Labute approximate surface area is 478 Å². The summed E-state index contributed by atoms with van der Waals surface area (Å²) < 4.78 is 2.88. The molecule has 0 fully saturated rings. The van der Waals surface area contributed by atoms with Crippen molar-refractivity contribution in [3.8, 4) is 0 Å². The summed E-state index contributed by atoms with van der Waals surface area (Å²) in [5.74, 6) is 1.04. The second-order valence-corrected chi connectivity index (χ2v) is 30.8. The maximum Gasteiger partial charge on any atom is 0.264 e. The molecule has 5 aliphatic rings. The van der Waals surface area contributed by atoms with Gasteiger partial charge in [-0.05, 0) is 217 Å². The zero-order valence-corrected chi connectivity index (χ0v) is 51.2. The van der Waals surface area contributed by atoms with Crippen LogP contribution in [0.3, 0.4) is 0 Å². The van der Waals surface area contributed by atoms with Crippen molar-refractivity contribution >= 4 is 95.0 Å². The van der Waals surface area contributed by atoms with E-state index in [0.29, 0.717) is 11.8 Å². The molecule has 8 aromatic rings. The van der Waals surface area contributed by atoms with Crippen molar-refractivity contribution in [3.05, 3.63) is 178 Å². The summed E-state index contributed by atoms with van der Waals surface area (Å²) in [5, 5.41) is 1.40. The molecule has 3 nitrogen and oxygen atoms in total. The topological polar surface area (TPSA) is 9.72 Å². The van der Waals surface area contributed by atoms with Crippen LogP contribution in [-0.4, -0.2) is 6.71 Å². The first-order valence-electron chi connectivity index (χ1n) is 30.0. The molecule has 1 aromatic heterocycles. The van der Waals surface area contributed by atoms with Gasteiger partial charge in [-0.15, -0.1) is 11.3 Å². The van der Waals surface area contributed by atoms with Crippen molar-refractivity contribution < 1.29 is 0 Å². The largest absolute Gasteiger partial charge is 0.311 e. The van der Waals surface area contributed by atoms with Crippen LogP contribution in [0.2, 0.25) is 0 Å². The van der Waals surface area contributed by atoms with E-state index < -0.39 is 0 Å². The van der Waals surface area contributed by atoms with Crippen LogP contribution < -0.4 is 30.4 Å². The van der Waals surface area contributed by atoms with E-state index in [1.165, 1.54) is 113 Å². The standard InChI is InChI=1S/C74H84BN3S/c1-45-27-28-46(2)55-42-65-56(41-54(45)55)67-68(79-65)75-61-43-59-60(74(15,16)34-33-73(59,13)14)44-62(61)77(52-36-47(69(3,4)5)35-48(37-52)70(6,7)8)63-39-53(76(49-23-19-17-20-24-49)50-25-21-18-22-26-50)40-64(66(63)75)78(67)51-29-30-57-58(38-51)72(11,12)32-31-71(57,9)10/h17-26,29-30,35-46H,27-28,31-34H2,1-16H3. The van der Waals surface area contributed by atoms with Crippen molar-refractivity contribution in [2.75, 3.05) is 14.7 Å². The Balaban J connectivity index is 1.23. The van der Waals surface area contributed by atoms with Crippen molar-refractivity contribution in [1.29, 1.82) is 0 Å². The first-order chi connectivity index (χ1) is 37.2. The molecular weight excluding hydrogens is 974 g/mol. The molecule has 5 heteroatoms. The third-order valence-corrected chi connectivity index (χ3v) is 21.4. The number of fused-ring (bicyclic) bond motifs is 9. The average Bonchev–Trinajstić information content (AvgIpc) is 2.93. The predicted molar refractivity (Wildman–Crippen MR) is 345 cm³/mol. The van der Waals surface area contributed by atoms with Gasteiger partial charge < -0.3 is 14.7 Å². The summed E-state index contributed by atoms with van der Waals surface area (Å²) >= 11 is 2.08. The number of anilines is 9. The second kappa shape index (κ2) is 17.7. The highest BCUT2D eigenvalue weighted by Crippen LogP contribution is 2.56. The number of hydrogen-bond donors (Lipinski definition) is 0. The van der Waals surface area contributed by atoms with Crippen LogP contribution in [0.25, 0.3) is 10.1 Å². The van der Waals surface area contributed by atoms with Gasteiger partial charge in [-0.2, -0.15) is 0 Å². The lowest BCUT2D eigenvalue weighted by atomic mass is 9.35. The molecule has 3 heterocycles. The Morgan fingerprint density at radius 3 is 1.52 bits per heavy atom. The molecule has 2 aliphatic heterocycles. The van der Waals surface area contributed by atoms with Gasteiger partial charge in [0, 0.05) is 54.7 Å². The van der Waals surface area contributed by atoms with Gasteiger partial charge in [0.15, 0.2) is 0 Å². The van der Waals surface area contributed by atoms with E-state index in [4.69, 9.17) is 0 Å². The molecule has 2 atom stereocenters. The van der Waals surface area contributed by atoms with E-state index >= 15 is 0 Å². The van der Waals surface area contributed by atoms with E-state index in [-0.39, 0.29) is 39.2 Å². The van der Waals surface area contributed by atoms with Crippen LogP contribution in [0.1, 0.15) is 206 Å². The molecule has 404 valence electrons. The van der Waals surface area contributed by atoms with Crippen molar-refractivity contribution in [2.24, 2.45) is 0 Å². The molecule has 79 heavy (non-hydrogen) atoms. The van der Waals surface area contributed by atoms with Crippen LogP contribution >= 0.6 is 11.3 Å². The number of para-hydroxylation sites is 2. The van der Waals surface area contributed by atoms with Crippen molar-refractivity contribution in [1.82, 2.24) is 0 Å². The van der Waals surface area contributed by atoms with Gasteiger partial charge in [-0.25, -0.2) is 0 Å². The maximum atomic E-state index is 2.78. The van der Waals surface area contributed by atoms with Crippen LogP contribution in [0.15, 0.2) is 133 Å². The van der Waals surface area contributed by atoms with Gasteiger partial charge in [0.25, 0.3) is 6.71 Å². The summed E-state index contributed by atoms with van der Waals surface area (Å²) in [4.78, 5) is 8.05. The van der Waals surface area contributed by atoms with Crippen LogP contribution in [0.5, 0.6) is 0 Å². The lowest BCUT2D eigenvalue weighted by Gasteiger charge is -2.47. The van der Waals surface area contributed by atoms with Gasteiger partial charge in [0.2, 0.25) is 0 Å². The van der Waals surface area contributed by atoms with Crippen LogP contribution in [0.4, 0.5) is 51.2 Å². The summed E-state index contributed by atoms with van der Waals surface area (Å²) in [6.07, 6.45) is 7.14. The van der Waals surface area contributed by atoms with Crippen LogP contribution in [0, 0.1) is 0 Å². The first kappa shape index (κ1) is 52.3. The summed E-state index contributed by atoms with van der Waals surface area (Å²) in [6.45, 7) is 39.3. The van der Waals surface area contributed by atoms with E-state index in [1.807, 2.05) is 0 Å². The second-order valence-electron chi connectivity index (χ2n) is 29.7. The molecule has 0 amide bonds. The lowest BCUT2D eigenvalue weighted by molar-refractivity contribution is 0.332. The third-order valence-electron chi connectivity index (χ3n) is 20.2. The fraction of sp³-hybridized carbons (Fsp3) is 0.405. The van der Waals surface area contributed by atoms with Gasteiger partial charge in [0.05, 0.1) is 11.4 Å². The molecular formula is C74H84BN3S. The lowest BCUT2D eigenvalue weighted by Crippen LogP contribution is -2.61. The minimum atomic E-state index is -0.0799. The molecule has 3 aliphatic carbocycles. The quantitative estimate of drug-likeness (QED) is 0.159. The van der Waals surface area contributed by atoms with Gasteiger partial charge in [-0.1, -0.05) is 165 Å². The number of nitrogens with zero attached hydrogens (tertiary/aromatic N) is 3. The van der Waals surface area contributed by atoms with E-state index in [0.717, 1.165) is 36.3 Å². The maximum absolute atomic E-state index is 2.78. The number of benzene rings is 7. The summed E-state index contributed by atoms with van der Waals surface area (Å²) in [5.41, 5.74) is 25.7. The van der Waals surface area contributed by atoms with E-state index in [1.54, 1.807) is 11.1 Å². The fourth-order valence-electron chi connectivity index (χ4n) is 14.9. The zero-order valence-electron chi connectivity index (χ0n) is 50.4. The molecule has 0 saturated heterocycles.